The van der Waals surface area contributed by atoms with Gasteiger partial charge < -0.3 is 10.0 Å². The summed E-state index contributed by atoms with van der Waals surface area (Å²) in [6.07, 6.45) is 1.77. The molecule has 4 aromatic rings. The summed E-state index contributed by atoms with van der Waals surface area (Å²) in [4.78, 5) is 13.8. The average Bonchev–Trinajstić information content (AvgIpc) is 3.28. The van der Waals surface area contributed by atoms with Crippen LogP contribution in [0.15, 0.2) is 48.7 Å². The molecule has 1 N–H and O–H groups in total. The van der Waals surface area contributed by atoms with Crippen LogP contribution in [0.3, 0.4) is 0 Å². The number of carbonyl (C=O) groups is 1. The van der Waals surface area contributed by atoms with Crippen molar-refractivity contribution in [3.63, 3.8) is 0 Å². The Hall–Kier alpha value is -3.65. The molecule has 0 unspecified atom stereocenters. The Kier molecular flexibility index (Phi) is 5.02. The van der Waals surface area contributed by atoms with Gasteiger partial charge in [-0.3, -0.25) is 9.48 Å². The summed E-state index contributed by atoms with van der Waals surface area (Å²) in [6.45, 7) is 3.01. The Labute approximate surface area is 194 Å². The number of aryl methyl sites for hydroxylation is 1. The molecule has 0 aliphatic carbocycles. The molecule has 0 atom stereocenters. The monoisotopic (exact) mass is 465 g/mol. The highest BCUT2D eigenvalue weighted by Gasteiger charge is 2.31. The average molecular weight is 465 g/mol. The number of nitrogens with zero attached hydrogens (tertiary/aromatic N) is 3. The number of aromatic nitrogens is 2. The van der Waals surface area contributed by atoms with Crippen LogP contribution in [0.4, 0.5) is 13.2 Å². The summed E-state index contributed by atoms with van der Waals surface area (Å²) in [5, 5.41) is 15.8. The molecule has 8 heteroatoms. The first kappa shape index (κ1) is 22.2. The van der Waals surface area contributed by atoms with Crippen molar-refractivity contribution in [1.82, 2.24) is 14.7 Å². The van der Waals surface area contributed by atoms with E-state index in [2.05, 4.69) is 5.10 Å². The Bertz CT molecular complexity index is 1450. The molecule has 3 aromatic carbocycles. The number of hydrogen-bond donors (Lipinski definition) is 1. The van der Waals surface area contributed by atoms with E-state index in [1.807, 2.05) is 0 Å². The molecule has 0 saturated carbocycles. The minimum Gasteiger partial charge on any atom is -0.386 e. The van der Waals surface area contributed by atoms with Gasteiger partial charge in [0.25, 0.3) is 5.91 Å². The molecule has 1 aliphatic heterocycles. The second-order valence-corrected chi connectivity index (χ2v) is 9.18. The van der Waals surface area contributed by atoms with Crippen LogP contribution >= 0.6 is 0 Å². The standard InChI is InChI=1S/C26H22F3N3O2/c1-26(2,34)19-8-15(7-17-11-31(3)30-24(17)19)16-9-21(28)18(22(29)10-16)13-32-12-14-5-4-6-20(27)23(14)25(32)33/h4-11,34H,12-13H2,1-3H3. The molecular formula is C26H22F3N3O2. The fourth-order valence-corrected chi connectivity index (χ4v) is 4.50. The third-order valence-electron chi connectivity index (χ3n) is 6.17. The van der Waals surface area contributed by atoms with Crippen molar-refractivity contribution in [2.45, 2.75) is 32.5 Å². The zero-order chi connectivity index (χ0) is 24.4. The maximum absolute atomic E-state index is 15.1. The maximum atomic E-state index is 15.1. The van der Waals surface area contributed by atoms with Crippen molar-refractivity contribution >= 4 is 16.8 Å². The fourth-order valence-electron chi connectivity index (χ4n) is 4.50. The lowest BCUT2D eigenvalue weighted by Crippen LogP contribution is -2.25. The maximum Gasteiger partial charge on any atom is 0.257 e. The topological polar surface area (TPSA) is 58.4 Å². The van der Waals surface area contributed by atoms with E-state index in [-0.39, 0.29) is 29.8 Å². The fraction of sp³-hybridized carbons (Fsp3) is 0.231. The van der Waals surface area contributed by atoms with Crippen molar-refractivity contribution in [2.24, 2.45) is 7.05 Å². The quantitative estimate of drug-likeness (QED) is 0.459. The number of fused-ring (bicyclic) bond motifs is 2. The minimum absolute atomic E-state index is 0.0520. The lowest BCUT2D eigenvalue weighted by Gasteiger charge is -2.20. The molecule has 0 fully saturated rings. The first-order chi connectivity index (χ1) is 16.0. The number of aliphatic hydroxyl groups is 1. The van der Waals surface area contributed by atoms with Gasteiger partial charge in [-0.25, -0.2) is 13.2 Å². The highest BCUT2D eigenvalue weighted by atomic mass is 19.1. The van der Waals surface area contributed by atoms with E-state index < -0.39 is 29.0 Å². The Morgan fingerprint density at radius 2 is 1.71 bits per heavy atom. The second-order valence-electron chi connectivity index (χ2n) is 9.18. The van der Waals surface area contributed by atoms with Crippen LogP contribution in [0.5, 0.6) is 0 Å². The van der Waals surface area contributed by atoms with Crippen molar-refractivity contribution in [3.05, 3.63) is 88.4 Å². The molecule has 174 valence electrons. The summed E-state index contributed by atoms with van der Waals surface area (Å²) in [6, 6.07) is 10.2. The van der Waals surface area contributed by atoms with Crippen LogP contribution < -0.4 is 0 Å². The first-order valence-corrected chi connectivity index (χ1v) is 10.8. The Morgan fingerprint density at radius 3 is 2.35 bits per heavy atom. The van der Waals surface area contributed by atoms with E-state index in [4.69, 9.17) is 0 Å². The van der Waals surface area contributed by atoms with Crippen LogP contribution in [0, 0.1) is 17.5 Å². The van der Waals surface area contributed by atoms with Crippen LogP contribution in [-0.2, 0) is 25.7 Å². The molecule has 1 aromatic heterocycles. The lowest BCUT2D eigenvalue weighted by molar-refractivity contribution is 0.0759. The molecule has 0 radical (unpaired) electrons. The van der Waals surface area contributed by atoms with E-state index in [9.17, 15) is 14.3 Å². The number of halogens is 3. The van der Waals surface area contributed by atoms with Crippen molar-refractivity contribution in [2.75, 3.05) is 0 Å². The molecule has 34 heavy (non-hydrogen) atoms. The highest BCUT2D eigenvalue weighted by Crippen LogP contribution is 2.35. The first-order valence-electron chi connectivity index (χ1n) is 10.8. The van der Waals surface area contributed by atoms with Crippen LogP contribution in [0.2, 0.25) is 0 Å². The van der Waals surface area contributed by atoms with E-state index >= 15 is 8.78 Å². The van der Waals surface area contributed by atoms with Crippen LogP contribution in [0.25, 0.3) is 22.0 Å². The number of carbonyl (C=O) groups excluding carboxylic acids is 1. The molecule has 2 heterocycles. The Morgan fingerprint density at radius 1 is 1.03 bits per heavy atom. The van der Waals surface area contributed by atoms with Crippen molar-refractivity contribution in [1.29, 1.82) is 0 Å². The van der Waals surface area contributed by atoms with E-state index in [1.165, 1.54) is 29.2 Å². The summed E-state index contributed by atoms with van der Waals surface area (Å²) in [5.41, 5.74) is 0.903. The number of amides is 1. The van der Waals surface area contributed by atoms with Gasteiger partial charge in [-0.1, -0.05) is 12.1 Å². The predicted molar refractivity (Wildman–Crippen MR) is 121 cm³/mol. The number of benzene rings is 3. The second kappa shape index (κ2) is 7.70. The molecule has 1 amide bonds. The van der Waals surface area contributed by atoms with Crippen molar-refractivity contribution < 1.29 is 23.1 Å². The highest BCUT2D eigenvalue weighted by molar-refractivity contribution is 5.98. The molecule has 0 bridgehead atoms. The molecule has 1 aliphatic rings. The van der Waals surface area contributed by atoms with Gasteiger partial charge in [0.05, 0.1) is 23.2 Å². The SMILES string of the molecule is Cn1cc2cc(-c3cc(F)c(CN4Cc5cccc(F)c5C4=O)c(F)c3)cc(C(C)(C)O)c2n1. The summed E-state index contributed by atoms with van der Waals surface area (Å²) in [5.74, 6) is -2.85. The largest absolute Gasteiger partial charge is 0.386 e. The molecular weight excluding hydrogens is 443 g/mol. The normalized spacial score (nSPS) is 13.7. The molecule has 5 nitrogen and oxygen atoms in total. The predicted octanol–water partition coefficient (Wildman–Crippen LogP) is 5.04. The van der Waals surface area contributed by atoms with Crippen LogP contribution in [0.1, 0.15) is 40.9 Å². The van der Waals surface area contributed by atoms with Gasteiger partial charge in [-0.2, -0.15) is 5.10 Å². The zero-order valence-corrected chi connectivity index (χ0v) is 18.9. The summed E-state index contributed by atoms with van der Waals surface area (Å²) < 4.78 is 45.9. The number of rotatable bonds is 4. The minimum atomic E-state index is -1.22. The van der Waals surface area contributed by atoms with Crippen molar-refractivity contribution in [3.8, 4) is 11.1 Å². The van der Waals surface area contributed by atoms with E-state index in [1.54, 1.807) is 50.0 Å². The lowest BCUT2D eigenvalue weighted by atomic mass is 9.91. The number of hydrogen-bond acceptors (Lipinski definition) is 3. The van der Waals surface area contributed by atoms with Gasteiger partial charge in [0.1, 0.15) is 17.5 Å². The summed E-state index contributed by atoms with van der Waals surface area (Å²) >= 11 is 0. The third-order valence-corrected chi connectivity index (χ3v) is 6.17. The third kappa shape index (κ3) is 3.64. The zero-order valence-electron chi connectivity index (χ0n) is 18.9. The Balaban J connectivity index is 1.52. The van der Waals surface area contributed by atoms with E-state index in [0.29, 0.717) is 22.2 Å². The molecule has 0 spiro atoms. The van der Waals surface area contributed by atoms with Gasteiger partial charge >= 0.3 is 0 Å². The van der Waals surface area contributed by atoms with Gasteiger partial charge in [-0.05, 0) is 60.9 Å². The van der Waals surface area contributed by atoms with Gasteiger partial charge in [0.15, 0.2) is 0 Å². The molecule has 0 saturated heterocycles. The van der Waals surface area contributed by atoms with Gasteiger partial charge in [0.2, 0.25) is 0 Å². The smallest absolute Gasteiger partial charge is 0.257 e. The summed E-state index contributed by atoms with van der Waals surface area (Å²) in [7, 11) is 1.76. The van der Waals surface area contributed by atoms with Gasteiger partial charge in [0, 0.05) is 36.3 Å². The van der Waals surface area contributed by atoms with Crippen LogP contribution in [-0.4, -0.2) is 25.7 Å². The molecule has 5 rings (SSSR count). The van der Waals surface area contributed by atoms with Gasteiger partial charge in [-0.15, -0.1) is 0 Å². The van der Waals surface area contributed by atoms with E-state index in [0.717, 1.165) is 5.39 Å².